The number of anilines is 1. The molecule has 1 aliphatic heterocycles. The molecule has 0 saturated heterocycles. The Bertz CT molecular complexity index is 1070. The number of carbonyl (C=O) groups excluding carboxylic acids is 2. The van der Waals surface area contributed by atoms with Gasteiger partial charge in [0.05, 0.1) is 28.8 Å². The van der Waals surface area contributed by atoms with Crippen molar-refractivity contribution in [3.05, 3.63) is 76.0 Å². The first kappa shape index (κ1) is 16.2. The summed E-state index contributed by atoms with van der Waals surface area (Å²) < 4.78 is 6.51. The summed E-state index contributed by atoms with van der Waals surface area (Å²) >= 11 is 1.59. The second-order valence-corrected chi connectivity index (χ2v) is 6.69. The van der Waals surface area contributed by atoms with Crippen LogP contribution in [0.3, 0.4) is 0 Å². The summed E-state index contributed by atoms with van der Waals surface area (Å²) in [6.07, 6.45) is 1.63. The van der Waals surface area contributed by atoms with Crippen molar-refractivity contribution in [3.8, 4) is 5.69 Å². The van der Waals surface area contributed by atoms with E-state index in [0.717, 1.165) is 16.7 Å². The van der Waals surface area contributed by atoms with Crippen LogP contribution in [0.4, 0.5) is 5.82 Å². The number of pyridine rings is 1. The number of imide groups is 1. The summed E-state index contributed by atoms with van der Waals surface area (Å²) in [5, 5.41) is 2.15. The number of hydrogen-bond acceptors (Lipinski definition) is 6. The second kappa shape index (κ2) is 6.23. The Hall–Kier alpha value is -3.26. The number of amides is 2. The van der Waals surface area contributed by atoms with Gasteiger partial charge in [-0.05, 0) is 36.4 Å². The van der Waals surface area contributed by atoms with Gasteiger partial charge in [0, 0.05) is 11.0 Å². The van der Waals surface area contributed by atoms with Crippen LogP contribution < -0.4 is 16.6 Å². The van der Waals surface area contributed by atoms with Gasteiger partial charge < -0.3 is 10.2 Å². The molecule has 0 saturated carbocycles. The average molecular weight is 367 g/mol. The van der Waals surface area contributed by atoms with Gasteiger partial charge in [-0.2, -0.15) is 0 Å². The number of rotatable bonds is 4. The molecular formula is C18H13N3O4S. The summed E-state index contributed by atoms with van der Waals surface area (Å²) in [6.45, 7) is 0. The molecule has 2 aromatic heterocycles. The second-order valence-electron chi connectivity index (χ2n) is 5.64. The molecule has 1 aromatic carbocycles. The molecule has 0 bridgehead atoms. The Morgan fingerprint density at radius 1 is 1.08 bits per heavy atom. The number of benzene rings is 1. The molecule has 26 heavy (non-hydrogen) atoms. The monoisotopic (exact) mass is 367 g/mol. The lowest BCUT2D eigenvalue weighted by Gasteiger charge is -2.12. The molecule has 3 N–H and O–H groups in total. The lowest BCUT2D eigenvalue weighted by molar-refractivity contribution is 0.0880. The van der Waals surface area contributed by atoms with E-state index < -0.39 is 17.4 Å². The molecule has 2 amide bonds. The number of fused-ring (bicyclic) bond motifs is 1. The van der Waals surface area contributed by atoms with Crippen molar-refractivity contribution >= 4 is 29.4 Å². The van der Waals surface area contributed by atoms with E-state index in [2.05, 4.69) is 5.32 Å². The zero-order valence-corrected chi connectivity index (χ0v) is 14.2. The molecule has 0 fully saturated rings. The highest BCUT2D eigenvalue weighted by Gasteiger charge is 2.31. The number of nitrogens with two attached hydrogens (primary N) is 1. The summed E-state index contributed by atoms with van der Waals surface area (Å²) in [6, 6.07) is 12.1. The summed E-state index contributed by atoms with van der Waals surface area (Å²) in [4.78, 5) is 37.0. The number of nitrogen functional groups attached to an aromatic ring is 1. The normalized spacial score (nSPS) is 12.9. The molecule has 8 heteroatoms. The van der Waals surface area contributed by atoms with E-state index in [-0.39, 0.29) is 16.9 Å². The van der Waals surface area contributed by atoms with E-state index in [4.69, 9.17) is 10.2 Å². The van der Waals surface area contributed by atoms with Crippen molar-refractivity contribution in [1.29, 1.82) is 0 Å². The van der Waals surface area contributed by atoms with Gasteiger partial charge in [0.15, 0.2) is 0 Å². The highest BCUT2D eigenvalue weighted by Crippen LogP contribution is 2.26. The van der Waals surface area contributed by atoms with Crippen LogP contribution >= 0.6 is 11.8 Å². The highest BCUT2D eigenvalue weighted by molar-refractivity contribution is 7.98. The van der Waals surface area contributed by atoms with Crippen molar-refractivity contribution in [2.45, 2.75) is 10.6 Å². The van der Waals surface area contributed by atoms with Gasteiger partial charge in [-0.1, -0.05) is 0 Å². The third-order valence-electron chi connectivity index (χ3n) is 4.01. The van der Waals surface area contributed by atoms with Gasteiger partial charge >= 0.3 is 0 Å². The van der Waals surface area contributed by atoms with E-state index in [1.54, 1.807) is 30.2 Å². The van der Waals surface area contributed by atoms with Gasteiger partial charge in [0.1, 0.15) is 11.6 Å². The van der Waals surface area contributed by atoms with Crippen molar-refractivity contribution < 1.29 is 14.0 Å². The minimum absolute atomic E-state index is 0.0133. The van der Waals surface area contributed by atoms with E-state index >= 15 is 0 Å². The fraction of sp³-hybridized carbons (Fsp3) is 0.0556. The smallest absolute Gasteiger partial charge is 0.262 e. The first-order valence-corrected chi connectivity index (χ1v) is 8.70. The standard InChI is InChI=1S/C18H13N3O4S/c19-16-15-13(17(23)20-18(15)24)8-14(22)21(16)10-3-5-12(6-4-10)26-9-11-2-1-7-25-11/h1-8H,9,19H2,(H,20,23,24). The highest BCUT2D eigenvalue weighted by atomic mass is 32.2. The molecule has 0 atom stereocenters. The summed E-state index contributed by atoms with van der Waals surface area (Å²) in [5.41, 5.74) is 6.11. The SMILES string of the molecule is Nc1c2c(cc(=O)n1-c1ccc(SCc3ccco3)cc1)C(=O)NC2=O. The Kier molecular flexibility index (Phi) is 3.89. The summed E-state index contributed by atoms with van der Waals surface area (Å²) in [5.74, 6) is 0.309. The zero-order valence-electron chi connectivity index (χ0n) is 13.4. The number of nitrogens with one attached hydrogen (secondary N) is 1. The number of hydrogen-bond donors (Lipinski definition) is 2. The molecule has 0 aliphatic carbocycles. The molecule has 0 spiro atoms. The number of nitrogens with zero attached hydrogens (tertiary/aromatic N) is 1. The van der Waals surface area contributed by atoms with Crippen LogP contribution in [0.1, 0.15) is 26.5 Å². The predicted octanol–water partition coefficient (Wildman–Crippen LogP) is 2.19. The first-order valence-electron chi connectivity index (χ1n) is 7.71. The maximum Gasteiger partial charge on any atom is 0.262 e. The maximum atomic E-state index is 12.4. The lowest BCUT2D eigenvalue weighted by atomic mass is 10.1. The third kappa shape index (κ3) is 2.70. The molecule has 1 aliphatic rings. The van der Waals surface area contributed by atoms with E-state index in [0.29, 0.717) is 11.4 Å². The van der Waals surface area contributed by atoms with Gasteiger partial charge in [0.25, 0.3) is 17.4 Å². The van der Waals surface area contributed by atoms with E-state index in [1.165, 1.54) is 4.57 Å². The van der Waals surface area contributed by atoms with Gasteiger partial charge in [-0.15, -0.1) is 11.8 Å². The van der Waals surface area contributed by atoms with Crippen LogP contribution in [0.25, 0.3) is 5.69 Å². The fourth-order valence-electron chi connectivity index (χ4n) is 2.79. The van der Waals surface area contributed by atoms with Crippen molar-refractivity contribution in [2.75, 3.05) is 5.73 Å². The minimum atomic E-state index is -0.606. The quantitative estimate of drug-likeness (QED) is 0.541. The number of aromatic nitrogens is 1. The Morgan fingerprint density at radius 3 is 2.54 bits per heavy atom. The molecule has 3 heterocycles. The maximum absolute atomic E-state index is 12.4. The first-order chi connectivity index (χ1) is 12.5. The van der Waals surface area contributed by atoms with Crippen molar-refractivity contribution in [1.82, 2.24) is 9.88 Å². The van der Waals surface area contributed by atoms with Gasteiger partial charge in [0.2, 0.25) is 0 Å². The van der Waals surface area contributed by atoms with Crippen LogP contribution in [0.2, 0.25) is 0 Å². The molecule has 130 valence electrons. The van der Waals surface area contributed by atoms with Crippen LogP contribution in [0.15, 0.2) is 62.8 Å². The molecule has 3 aromatic rings. The third-order valence-corrected chi connectivity index (χ3v) is 5.04. The molecular weight excluding hydrogens is 354 g/mol. The molecule has 7 nitrogen and oxygen atoms in total. The minimum Gasteiger partial charge on any atom is -0.468 e. The van der Waals surface area contributed by atoms with Gasteiger partial charge in [-0.3, -0.25) is 24.3 Å². The topological polar surface area (TPSA) is 107 Å². The Balaban J connectivity index is 1.66. The van der Waals surface area contributed by atoms with Gasteiger partial charge in [-0.25, -0.2) is 0 Å². The van der Waals surface area contributed by atoms with Crippen LogP contribution in [-0.4, -0.2) is 16.4 Å². The van der Waals surface area contributed by atoms with Crippen LogP contribution in [0.5, 0.6) is 0 Å². The Morgan fingerprint density at radius 2 is 1.85 bits per heavy atom. The van der Waals surface area contributed by atoms with Crippen LogP contribution in [-0.2, 0) is 5.75 Å². The summed E-state index contributed by atoms with van der Waals surface area (Å²) in [7, 11) is 0. The van der Waals surface area contributed by atoms with Crippen molar-refractivity contribution in [2.24, 2.45) is 0 Å². The van der Waals surface area contributed by atoms with Crippen molar-refractivity contribution in [3.63, 3.8) is 0 Å². The zero-order chi connectivity index (χ0) is 18.3. The largest absolute Gasteiger partial charge is 0.468 e. The van der Waals surface area contributed by atoms with E-state index in [1.807, 2.05) is 24.3 Å². The number of thioether (sulfide) groups is 1. The molecule has 0 radical (unpaired) electrons. The number of carbonyl (C=O) groups is 2. The number of furan rings is 1. The predicted molar refractivity (Wildman–Crippen MR) is 96.5 cm³/mol. The lowest BCUT2D eigenvalue weighted by Crippen LogP contribution is -2.24. The van der Waals surface area contributed by atoms with Crippen LogP contribution in [0, 0.1) is 0 Å². The average Bonchev–Trinajstić information content (AvgIpc) is 3.22. The fourth-order valence-corrected chi connectivity index (χ4v) is 3.59. The van der Waals surface area contributed by atoms with E-state index in [9.17, 15) is 14.4 Å². The molecule has 0 unspecified atom stereocenters. The molecule has 4 rings (SSSR count). The Labute approximate surface area is 151 Å².